The van der Waals surface area contributed by atoms with Crippen molar-refractivity contribution in [2.24, 2.45) is 0 Å². The van der Waals surface area contributed by atoms with Crippen LogP contribution in [0.3, 0.4) is 0 Å². The molecule has 0 aliphatic rings. The highest BCUT2D eigenvalue weighted by atomic mass is 16.5. The standard InChI is InChI=1S/C20H23NO5/c1-13-11-14(26-12-18(22)23)9-10-16(13)21-19(24)20(2,3)15-7-5-6-8-17(15)25-4/h5-11H,12H2,1-4H3,(H,21,24)(H,22,23). The molecule has 0 saturated carbocycles. The van der Waals surface area contributed by atoms with E-state index in [9.17, 15) is 9.59 Å². The number of hydrogen-bond donors (Lipinski definition) is 2. The number of amides is 1. The maximum absolute atomic E-state index is 12.9. The van der Waals surface area contributed by atoms with Crippen LogP contribution in [0.5, 0.6) is 11.5 Å². The highest BCUT2D eigenvalue weighted by Crippen LogP contribution is 2.33. The van der Waals surface area contributed by atoms with Gasteiger partial charge in [0, 0.05) is 11.3 Å². The van der Waals surface area contributed by atoms with Gasteiger partial charge in [-0.15, -0.1) is 0 Å². The summed E-state index contributed by atoms with van der Waals surface area (Å²) in [6.07, 6.45) is 0. The molecule has 26 heavy (non-hydrogen) atoms. The molecule has 2 aromatic rings. The monoisotopic (exact) mass is 357 g/mol. The second-order valence-corrected chi connectivity index (χ2v) is 6.44. The largest absolute Gasteiger partial charge is 0.496 e. The Morgan fingerprint density at radius 3 is 2.46 bits per heavy atom. The quantitative estimate of drug-likeness (QED) is 0.793. The zero-order valence-corrected chi connectivity index (χ0v) is 15.3. The second-order valence-electron chi connectivity index (χ2n) is 6.44. The number of nitrogens with one attached hydrogen (secondary N) is 1. The summed E-state index contributed by atoms with van der Waals surface area (Å²) in [6.45, 7) is 5.07. The molecule has 0 fully saturated rings. The molecule has 0 aliphatic heterocycles. The van der Waals surface area contributed by atoms with Gasteiger partial charge in [0.25, 0.3) is 0 Å². The van der Waals surface area contributed by atoms with Gasteiger partial charge in [0.05, 0.1) is 12.5 Å². The first-order valence-corrected chi connectivity index (χ1v) is 8.16. The lowest BCUT2D eigenvalue weighted by molar-refractivity contribution is -0.139. The molecule has 0 aliphatic carbocycles. The smallest absolute Gasteiger partial charge is 0.341 e. The van der Waals surface area contributed by atoms with Gasteiger partial charge >= 0.3 is 5.97 Å². The molecule has 0 aromatic heterocycles. The normalized spacial score (nSPS) is 10.9. The summed E-state index contributed by atoms with van der Waals surface area (Å²) in [6, 6.07) is 12.4. The molecular formula is C20H23NO5. The summed E-state index contributed by atoms with van der Waals surface area (Å²) in [7, 11) is 1.58. The van der Waals surface area contributed by atoms with Crippen molar-refractivity contribution in [3.8, 4) is 11.5 Å². The van der Waals surface area contributed by atoms with Crippen molar-refractivity contribution in [3.63, 3.8) is 0 Å². The number of carbonyl (C=O) groups is 2. The molecule has 0 unspecified atom stereocenters. The number of rotatable bonds is 7. The SMILES string of the molecule is COc1ccccc1C(C)(C)C(=O)Nc1ccc(OCC(=O)O)cc1C. The minimum absolute atomic E-state index is 0.177. The van der Waals surface area contributed by atoms with Gasteiger partial charge in [-0.05, 0) is 50.6 Å². The third-order valence-corrected chi connectivity index (χ3v) is 4.16. The lowest BCUT2D eigenvalue weighted by atomic mass is 9.83. The van der Waals surface area contributed by atoms with E-state index in [4.69, 9.17) is 14.6 Å². The van der Waals surface area contributed by atoms with Crippen LogP contribution < -0.4 is 14.8 Å². The molecule has 0 atom stereocenters. The fourth-order valence-corrected chi connectivity index (χ4v) is 2.57. The van der Waals surface area contributed by atoms with Gasteiger partial charge in [-0.1, -0.05) is 18.2 Å². The van der Waals surface area contributed by atoms with E-state index in [0.717, 1.165) is 11.1 Å². The van der Waals surface area contributed by atoms with Crippen LogP contribution >= 0.6 is 0 Å². The molecule has 6 heteroatoms. The Bertz CT molecular complexity index is 814. The van der Waals surface area contributed by atoms with Crippen LogP contribution in [0.25, 0.3) is 0 Å². The van der Waals surface area contributed by atoms with E-state index < -0.39 is 18.0 Å². The highest BCUT2D eigenvalue weighted by Gasteiger charge is 2.32. The lowest BCUT2D eigenvalue weighted by Crippen LogP contribution is -2.35. The molecule has 6 nitrogen and oxygen atoms in total. The molecule has 0 heterocycles. The van der Waals surface area contributed by atoms with Crippen LogP contribution in [0.1, 0.15) is 25.0 Å². The minimum Gasteiger partial charge on any atom is -0.496 e. The van der Waals surface area contributed by atoms with E-state index in [1.165, 1.54) is 0 Å². The fraction of sp³-hybridized carbons (Fsp3) is 0.300. The Hall–Kier alpha value is -3.02. The first kappa shape index (κ1) is 19.3. The summed E-state index contributed by atoms with van der Waals surface area (Å²) in [5.74, 6) is -0.128. The Balaban J connectivity index is 2.19. The first-order valence-electron chi connectivity index (χ1n) is 8.16. The van der Waals surface area contributed by atoms with E-state index in [-0.39, 0.29) is 5.91 Å². The van der Waals surface area contributed by atoms with Crippen LogP contribution in [0, 0.1) is 6.92 Å². The maximum Gasteiger partial charge on any atom is 0.341 e. The number of aryl methyl sites for hydroxylation is 1. The number of anilines is 1. The van der Waals surface area contributed by atoms with Crippen LogP contribution in [-0.4, -0.2) is 30.7 Å². The van der Waals surface area contributed by atoms with E-state index in [0.29, 0.717) is 17.2 Å². The van der Waals surface area contributed by atoms with Crippen LogP contribution in [0.15, 0.2) is 42.5 Å². The zero-order valence-electron chi connectivity index (χ0n) is 15.3. The molecule has 1 amide bonds. The summed E-state index contributed by atoms with van der Waals surface area (Å²) in [5.41, 5.74) is 1.40. The number of carboxylic acids is 1. The maximum atomic E-state index is 12.9. The number of para-hydroxylation sites is 1. The Labute approximate surface area is 152 Å². The summed E-state index contributed by atoms with van der Waals surface area (Å²) < 4.78 is 10.5. The van der Waals surface area contributed by atoms with Gasteiger partial charge in [-0.3, -0.25) is 4.79 Å². The number of aliphatic carboxylic acids is 1. The Kier molecular flexibility index (Phi) is 5.87. The number of ether oxygens (including phenoxy) is 2. The van der Waals surface area contributed by atoms with E-state index in [1.54, 1.807) is 25.3 Å². The molecular weight excluding hydrogens is 334 g/mol. The molecule has 2 N–H and O–H groups in total. The third kappa shape index (κ3) is 4.33. The summed E-state index contributed by atoms with van der Waals surface area (Å²) in [5, 5.41) is 11.6. The molecule has 2 rings (SSSR count). The minimum atomic E-state index is -1.04. The molecule has 0 bridgehead atoms. The average molecular weight is 357 g/mol. The topological polar surface area (TPSA) is 84.9 Å². The van der Waals surface area contributed by atoms with Crippen molar-refractivity contribution in [1.29, 1.82) is 0 Å². The van der Waals surface area contributed by atoms with Crippen molar-refractivity contribution in [2.75, 3.05) is 19.0 Å². The number of hydrogen-bond acceptors (Lipinski definition) is 4. The molecule has 2 aromatic carbocycles. The van der Waals surface area contributed by atoms with Gasteiger partial charge in [0.2, 0.25) is 5.91 Å². The lowest BCUT2D eigenvalue weighted by Gasteiger charge is -2.26. The zero-order chi connectivity index (χ0) is 19.3. The summed E-state index contributed by atoms with van der Waals surface area (Å²) >= 11 is 0. The molecule has 0 spiro atoms. The number of methoxy groups -OCH3 is 1. The predicted octanol–water partition coefficient (Wildman–Crippen LogP) is 3.38. The van der Waals surface area contributed by atoms with Crippen molar-refractivity contribution in [2.45, 2.75) is 26.2 Å². The third-order valence-electron chi connectivity index (χ3n) is 4.16. The van der Waals surface area contributed by atoms with Gasteiger partial charge < -0.3 is 19.9 Å². The second kappa shape index (κ2) is 7.91. The van der Waals surface area contributed by atoms with Crippen molar-refractivity contribution >= 4 is 17.6 Å². The fourth-order valence-electron chi connectivity index (χ4n) is 2.57. The Morgan fingerprint density at radius 2 is 1.85 bits per heavy atom. The van der Waals surface area contributed by atoms with Crippen LogP contribution in [-0.2, 0) is 15.0 Å². The number of benzene rings is 2. The van der Waals surface area contributed by atoms with Gasteiger partial charge in [-0.2, -0.15) is 0 Å². The number of carboxylic acid groups (broad SMARTS) is 1. The average Bonchev–Trinajstić information content (AvgIpc) is 2.61. The highest BCUT2D eigenvalue weighted by molar-refractivity contribution is 5.99. The van der Waals surface area contributed by atoms with Crippen molar-refractivity contribution in [1.82, 2.24) is 0 Å². The van der Waals surface area contributed by atoms with E-state index >= 15 is 0 Å². The number of carbonyl (C=O) groups excluding carboxylic acids is 1. The van der Waals surface area contributed by atoms with Gasteiger partial charge in [-0.25, -0.2) is 4.79 Å². The van der Waals surface area contributed by atoms with Gasteiger partial charge in [0.1, 0.15) is 11.5 Å². The van der Waals surface area contributed by atoms with E-state index in [1.807, 2.05) is 45.0 Å². The first-order chi connectivity index (χ1) is 12.3. The van der Waals surface area contributed by atoms with E-state index in [2.05, 4.69) is 5.32 Å². The van der Waals surface area contributed by atoms with Crippen molar-refractivity contribution in [3.05, 3.63) is 53.6 Å². The van der Waals surface area contributed by atoms with Crippen LogP contribution in [0.4, 0.5) is 5.69 Å². The molecule has 138 valence electrons. The van der Waals surface area contributed by atoms with Crippen molar-refractivity contribution < 1.29 is 24.2 Å². The molecule has 0 radical (unpaired) electrons. The van der Waals surface area contributed by atoms with Gasteiger partial charge in [0.15, 0.2) is 6.61 Å². The summed E-state index contributed by atoms with van der Waals surface area (Å²) in [4.78, 5) is 23.5. The Morgan fingerprint density at radius 1 is 1.15 bits per heavy atom. The molecule has 0 saturated heterocycles. The van der Waals surface area contributed by atoms with Crippen LogP contribution in [0.2, 0.25) is 0 Å². The predicted molar refractivity (Wildman–Crippen MR) is 99.0 cm³/mol.